The van der Waals surface area contributed by atoms with Crippen LogP contribution < -0.4 is 0 Å². The van der Waals surface area contributed by atoms with Crippen molar-refractivity contribution in [1.82, 2.24) is 4.90 Å². The van der Waals surface area contributed by atoms with Crippen molar-refractivity contribution in [3.8, 4) is 0 Å². The smallest absolute Gasteiger partial charge is 0.322 e. The van der Waals surface area contributed by atoms with Crippen LogP contribution in [-0.2, 0) is 4.79 Å². The third-order valence-electron chi connectivity index (χ3n) is 2.27. The van der Waals surface area contributed by atoms with E-state index in [9.17, 15) is 4.79 Å². The Kier molecular flexibility index (Phi) is 2.49. The van der Waals surface area contributed by atoms with Crippen molar-refractivity contribution in [3.05, 3.63) is 0 Å². The van der Waals surface area contributed by atoms with E-state index in [1.54, 1.807) is 0 Å². The first-order valence-corrected chi connectivity index (χ1v) is 4.17. The maximum absolute atomic E-state index is 10.5. The van der Waals surface area contributed by atoms with Crippen LogP contribution in [0.25, 0.3) is 0 Å². The van der Waals surface area contributed by atoms with Gasteiger partial charge in [-0.05, 0) is 19.9 Å². The summed E-state index contributed by atoms with van der Waals surface area (Å²) in [5.74, 6) is -0.673. The maximum Gasteiger partial charge on any atom is 0.322 e. The van der Waals surface area contributed by atoms with Gasteiger partial charge in [-0.25, -0.2) is 0 Å². The monoisotopic (exact) mass is 157 g/mol. The van der Waals surface area contributed by atoms with Gasteiger partial charge >= 0.3 is 5.97 Å². The van der Waals surface area contributed by atoms with Gasteiger partial charge in [-0.3, -0.25) is 9.69 Å². The number of hydrogen-bond donors (Lipinski definition) is 1. The zero-order valence-corrected chi connectivity index (χ0v) is 7.08. The first-order valence-electron chi connectivity index (χ1n) is 4.17. The van der Waals surface area contributed by atoms with Gasteiger partial charge in [0.2, 0.25) is 0 Å². The van der Waals surface area contributed by atoms with Crippen LogP contribution in [0.15, 0.2) is 0 Å². The molecule has 1 saturated heterocycles. The average Bonchev–Trinajstić information content (AvgIpc) is 2.57. The van der Waals surface area contributed by atoms with Gasteiger partial charge in [-0.15, -0.1) is 0 Å². The highest BCUT2D eigenvalue weighted by Gasteiger charge is 2.48. The molecule has 1 aliphatic heterocycles. The lowest BCUT2D eigenvalue weighted by molar-refractivity contribution is -0.137. The summed E-state index contributed by atoms with van der Waals surface area (Å²) in [7, 11) is 0. The Morgan fingerprint density at radius 1 is 1.64 bits per heavy atom. The Hall–Kier alpha value is -0.570. The summed E-state index contributed by atoms with van der Waals surface area (Å²) in [4.78, 5) is 12.5. The van der Waals surface area contributed by atoms with E-state index >= 15 is 0 Å². The van der Waals surface area contributed by atoms with E-state index in [1.807, 2.05) is 11.8 Å². The second-order valence-corrected chi connectivity index (χ2v) is 3.12. The highest BCUT2D eigenvalue weighted by atomic mass is 16.4. The molecule has 3 atom stereocenters. The van der Waals surface area contributed by atoms with Crippen LogP contribution in [0.1, 0.15) is 26.7 Å². The van der Waals surface area contributed by atoms with Gasteiger partial charge in [0, 0.05) is 6.04 Å². The van der Waals surface area contributed by atoms with Gasteiger partial charge in [0.25, 0.3) is 0 Å². The summed E-state index contributed by atoms with van der Waals surface area (Å²) in [6.45, 7) is 5.02. The standard InChI is InChI=1S/C8H15NO2/c1-3-4-5-9-6(2)7(9)8(10)11/h6-7H,3-5H2,1-2H3,(H,10,11)/t6-,7-,9?/m0/s1. The number of rotatable bonds is 4. The third-order valence-corrected chi connectivity index (χ3v) is 2.27. The van der Waals surface area contributed by atoms with Crippen molar-refractivity contribution in [2.45, 2.75) is 38.8 Å². The molecule has 0 aliphatic carbocycles. The molecule has 0 bridgehead atoms. The van der Waals surface area contributed by atoms with Gasteiger partial charge in [0.15, 0.2) is 0 Å². The molecule has 0 saturated carbocycles. The molecular formula is C8H15NO2. The molecule has 0 aromatic carbocycles. The summed E-state index contributed by atoms with van der Waals surface area (Å²) in [5.41, 5.74) is 0. The minimum Gasteiger partial charge on any atom is -0.480 e. The number of nitrogens with zero attached hydrogens (tertiary/aromatic N) is 1. The summed E-state index contributed by atoms with van der Waals surface area (Å²) in [6.07, 6.45) is 2.24. The normalized spacial score (nSPS) is 35.3. The number of carboxylic acids is 1. The number of aliphatic carboxylic acids is 1. The lowest BCUT2D eigenvalue weighted by Gasteiger charge is -1.98. The first kappa shape index (κ1) is 8.53. The minimum atomic E-state index is -0.673. The topological polar surface area (TPSA) is 40.3 Å². The quantitative estimate of drug-likeness (QED) is 0.617. The molecule has 0 radical (unpaired) electrons. The Bertz CT molecular complexity index is 158. The van der Waals surface area contributed by atoms with Crippen molar-refractivity contribution in [2.24, 2.45) is 0 Å². The van der Waals surface area contributed by atoms with Crippen molar-refractivity contribution >= 4 is 5.97 Å². The van der Waals surface area contributed by atoms with Crippen molar-refractivity contribution < 1.29 is 9.90 Å². The van der Waals surface area contributed by atoms with E-state index in [2.05, 4.69) is 6.92 Å². The van der Waals surface area contributed by atoms with E-state index in [4.69, 9.17) is 5.11 Å². The summed E-state index contributed by atoms with van der Waals surface area (Å²) in [5, 5.41) is 8.65. The maximum atomic E-state index is 10.5. The Balaban J connectivity index is 2.24. The Labute approximate surface area is 67.0 Å². The SMILES string of the molecule is CCCCN1[C@H](C(=O)O)[C@@H]1C. The van der Waals surface area contributed by atoms with E-state index in [-0.39, 0.29) is 12.1 Å². The minimum absolute atomic E-state index is 0.193. The molecule has 0 spiro atoms. The number of carbonyl (C=O) groups is 1. The summed E-state index contributed by atoms with van der Waals surface area (Å²) >= 11 is 0. The van der Waals surface area contributed by atoms with Crippen molar-refractivity contribution in [1.29, 1.82) is 0 Å². The molecule has 64 valence electrons. The fraction of sp³-hybridized carbons (Fsp3) is 0.875. The van der Waals surface area contributed by atoms with Crippen LogP contribution >= 0.6 is 0 Å². The highest BCUT2D eigenvalue weighted by molar-refractivity contribution is 5.78. The lowest BCUT2D eigenvalue weighted by atomic mass is 10.3. The van der Waals surface area contributed by atoms with Crippen molar-refractivity contribution in [3.63, 3.8) is 0 Å². The number of carboxylic acid groups (broad SMARTS) is 1. The number of hydrogen-bond acceptors (Lipinski definition) is 2. The molecule has 3 heteroatoms. The molecule has 1 aliphatic rings. The second-order valence-electron chi connectivity index (χ2n) is 3.12. The number of unbranched alkanes of at least 4 members (excludes halogenated alkanes) is 1. The largest absolute Gasteiger partial charge is 0.480 e. The fourth-order valence-electron chi connectivity index (χ4n) is 1.44. The van der Waals surface area contributed by atoms with Crippen LogP contribution in [0.2, 0.25) is 0 Å². The van der Waals surface area contributed by atoms with E-state index < -0.39 is 5.97 Å². The van der Waals surface area contributed by atoms with Gasteiger partial charge in [0.1, 0.15) is 6.04 Å². The predicted molar refractivity (Wildman–Crippen MR) is 42.5 cm³/mol. The van der Waals surface area contributed by atoms with Gasteiger partial charge in [-0.2, -0.15) is 0 Å². The molecule has 11 heavy (non-hydrogen) atoms. The van der Waals surface area contributed by atoms with Gasteiger partial charge < -0.3 is 5.11 Å². The molecule has 1 heterocycles. The van der Waals surface area contributed by atoms with E-state index in [0.717, 1.165) is 19.4 Å². The molecule has 1 N–H and O–H groups in total. The van der Waals surface area contributed by atoms with E-state index in [0.29, 0.717) is 0 Å². The summed E-state index contributed by atoms with van der Waals surface area (Å²) in [6, 6.07) is 0.0700. The highest BCUT2D eigenvalue weighted by Crippen LogP contribution is 2.27. The molecule has 1 rings (SSSR count). The zero-order chi connectivity index (χ0) is 8.43. The van der Waals surface area contributed by atoms with Gasteiger partial charge in [0.05, 0.1) is 0 Å². The zero-order valence-electron chi connectivity index (χ0n) is 7.08. The fourth-order valence-corrected chi connectivity index (χ4v) is 1.44. The molecule has 3 nitrogen and oxygen atoms in total. The van der Waals surface area contributed by atoms with Crippen LogP contribution in [0, 0.1) is 0 Å². The Morgan fingerprint density at radius 3 is 2.64 bits per heavy atom. The molecule has 0 amide bonds. The first-order chi connectivity index (χ1) is 5.18. The van der Waals surface area contributed by atoms with Gasteiger partial charge in [-0.1, -0.05) is 13.3 Å². The summed E-state index contributed by atoms with van der Waals surface area (Å²) < 4.78 is 0. The Morgan fingerprint density at radius 2 is 2.27 bits per heavy atom. The van der Waals surface area contributed by atoms with Crippen LogP contribution in [0.4, 0.5) is 0 Å². The molecule has 0 aromatic rings. The van der Waals surface area contributed by atoms with Crippen LogP contribution in [-0.4, -0.2) is 34.6 Å². The molecule has 0 aromatic heterocycles. The van der Waals surface area contributed by atoms with Crippen LogP contribution in [0.5, 0.6) is 0 Å². The molecule has 1 fully saturated rings. The predicted octanol–water partition coefficient (Wildman–Crippen LogP) is 0.944. The second kappa shape index (κ2) is 3.22. The van der Waals surface area contributed by atoms with E-state index in [1.165, 1.54) is 0 Å². The molecule has 1 unspecified atom stereocenters. The third kappa shape index (κ3) is 1.71. The lowest BCUT2D eigenvalue weighted by Crippen LogP contribution is -2.12. The average molecular weight is 157 g/mol. The molecular weight excluding hydrogens is 142 g/mol. The van der Waals surface area contributed by atoms with Crippen molar-refractivity contribution in [2.75, 3.05) is 6.54 Å². The van der Waals surface area contributed by atoms with Crippen LogP contribution in [0.3, 0.4) is 0 Å².